The van der Waals surface area contributed by atoms with Gasteiger partial charge in [0.05, 0.1) is 0 Å². The van der Waals surface area contributed by atoms with Crippen molar-refractivity contribution >= 4 is 32.5 Å². The van der Waals surface area contributed by atoms with E-state index in [1.54, 1.807) is 0 Å². The highest BCUT2D eigenvalue weighted by atomic mass is 79.9. The van der Waals surface area contributed by atoms with Crippen molar-refractivity contribution in [2.75, 3.05) is 24.5 Å². The maximum atomic E-state index is 4.65. The van der Waals surface area contributed by atoms with Crippen molar-refractivity contribution in [3.8, 4) is 0 Å². The van der Waals surface area contributed by atoms with Crippen LogP contribution in [0.2, 0.25) is 0 Å². The molecule has 1 aliphatic rings. The summed E-state index contributed by atoms with van der Waals surface area (Å²) in [6.07, 6.45) is 3.05. The minimum atomic E-state index is 0.533. The smallest absolute Gasteiger partial charge is 0.136 e. The molecule has 3 nitrogen and oxygen atoms in total. The zero-order chi connectivity index (χ0) is 13.2. The number of hydrogen-bond donors (Lipinski definition) is 1. The predicted octanol–water partition coefficient (Wildman–Crippen LogP) is 3.19. The molecule has 2 aromatic rings. The molecule has 1 aliphatic heterocycles. The molecule has 19 heavy (non-hydrogen) atoms. The lowest BCUT2D eigenvalue weighted by molar-refractivity contribution is 0.464. The summed E-state index contributed by atoms with van der Waals surface area (Å²) in [6, 6.07) is 8.94. The number of anilines is 1. The van der Waals surface area contributed by atoms with Crippen molar-refractivity contribution < 1.29 is 0 Å². The van der Waals surface area contributed by atoms with Gasteiger partial charge in [-0.25, -0.2) is 4.98 Å². The second-order valence-electron chi connectivity index (χ2n) is 4.93. The van der Waals surface area contributed by atoms with E-state index in [0.29, 0.717) is 6.04 Å². The summed E-state index contributed by atoms with van der Waals surface area (Å²) in [5.41, 5.74) is 0. The number of halogens is 1. The van der Waals surface area contributed by atoms with Crippen molar-refractivity contribution in [3.63, 3.8) is 0 Å². The van der Waals surface area contributed by atoms with Gasteiger partial charge in [0.1, 0.15) is 5.82 Å². The van der Waals surface area contributed by atoms with E-state index in [-0.39, 0.29) is 0 Å². The Kier molecular flexibility index (Phi) is 3.71. The molecule has 1 fully saturated rings. The summed E-state index contributed by atoms with van der Waals surface area (Å²) in [6.45, 7) is 5.34. The molecule has 1 N–H and O–H groups in total. The van der Waals surface area contributed by atoms with E-state index in [0.717, 1.165) is 36.3 Å². The standard InChI is InChI=1S/C15H18BrN3/c1-2-11-10-17-8-9-19(11)15-13-4-3-5-14(16)12(13)6-7-18-15/h3-7,11,17H,2,8-10H2,1H3. The average Bonchev–Trinajstić information content (AvgIpc) is 2.47. The quantitative estimate of drug-likeness (QED) is 0.921. The molecule has 0 saturated carbocycles. The molecule has 2 heterocycles. The second-order valence-corrected chi connectivity index (χ2v) is 5.78. The first-order valence-corrected chi connectivity index (χ1v) is 7.61. The minimum absolute atomic E-state index is 0.533. The number of rotatable bonds is 2. The van der Waals surface area contributed by atoms with Crippen molar-refractivity contribution in [2.45, 2.75) is 19.4 Å². The lowest BCUT2D eigenvalue weighted by atomic mass is 10.1. The second kappa shape index (κ2) is 5.47. The number of fused-ring (bicyclic) bond motifs is 1. The van der Waals surface area contributed by atoms with E-state index in [2.05, 4.69) is 62.3 Å². The lowest BCUT2D eigenvalue weighted by Gasteiger charge is -2.37. The van der Waals surface area contributed by atoms with Crippen LogP contribution in [0.5, 0.6) is 0 Å². The first kappa shape index (κ1) is 12.9. The van der Waals surface area contributed by atoms with E-state index >= 15 is 0 Å². The molecular weight excluding hydrogens is 302 g/mol. The van der Waals surface area contributed by atoms with Crippen LogP contribution < -0.4 is 10.2 Å². The Labute approximate surface area is 122 Å². The van der Waals surface area contributed by atoms with Crippen LogP contribution in [-0.2, 0) is 0 Å². The fourth-order valence-electron chi connectivity index (χ4n) is 2.79. The molecule has 4 heteroatoms. The molecule has 0 amide bonds. The van der Waals surface area contributed by atoms with Crippen molar-refractivity contribution in [1.29, 1.82) is 0 Å². The Bertz CT molecular complexity index is 585. The van der Waals surface area contributed by atoms with Gasteiger partial charge in [0, 0.05) is 47.1 Å². The van der Waals surface area contributed by atoms with Gasteiger partial charge < -0.3 is 10.2 Å². The van der Waals surface area contributed by atoms with Crippen LogP contribution in [0, 0.1) is 0 Å². The Morgan fingerprint density at radius 1 is 1.37 bits per heavy atom. The molecule has 3 rings (SSSR count). The monoisotopic (exact) mass is 319 g/mol. The van der Waals surface area contributed by atoms with E-state index in [1.807, 2.05) is 6.20 Å². The fraction of sp³-hybridized carbons (Fsp3) is 0.400. The molecule has 0 bridgehead atoms. The Morgan fingerprint density at radius 3 is 3.11 bits per heavy atom. The van der Waals surface area contributed by atoms with E-state index in [4.69, 9.17) is 0 Å². The lowest BCUT2D eigenvalue weighted by Crippen LogP contribution is -2.51. The SMILES string of the molecule is CCC1CNCCN1c1nccc2c(Br)cccc12. The number of aromatic nitrogens is 1. The van der Waals surface area contributed by atoms with Crippen LogP contribution in [0.25, 0.3) is 10.8 Å². The summed E-state index contributed by atoms with van der Waals surface area (Å²) >= 11 is 3.63. The van der Waals surface area contributed by atoms with Gasteiger partial charge in [-0.2, -0.15) is 0 Å². The van der Waals surface area contributed by atoms with Crippen molar-refractivity contribution in [1.82, 2.24) is 10.3 Å². The molecule has 100 valence electrons. The normalized spacial score (nSPS) is 19.9. The fourth-order valence-corrected chi connectivity index (χ4v) is 3.29. The molecule has 1 atom stereocenters. The molecule has 0 radical (unpaired) electrons. The molecule has 1 aromatic carbocycles. The number of nitrogens with one attached hydrogen (secondary N) is 1. The average molecular weight is 320 g/mol. The maximum absolute atomic E-state index is 4.65. The van der Waals surface area contributed by atoms with Crippen LogP contribution in [0.4, 0.5) is 5.82 Å². The van der Waals surface area contributed by atoms with Crippen LogP contribution in [0.15, 0.2) is 34.9 Å². The third-order valence-corrected chi connectivity index (χ3v) is 4.52. The topological polar surface area (TPSA) is 28.2 Å². The Balaban J connectivity index is 2.11. The Morgan fingerprint density at radius 2 is 2.26 bits per heavy atom. The highest BCUT2D eigenvalue weighted by molar-refractivity contribution is 9.10. The number of piperazine rings is 1. The summed E-state index contributed by atoms with van der Waals surface area (Å²) in [5, 5.41) is 5.94. The largest absolute Gasteiger partial charge is 0.351 e. The third kappa shape index (κ3) is 2.35. The number of pyridine rings is 1. The summed E-state index contributed by atoms with van der Waals surface area (Å²) in [4.78, 5) is 7.10. The van der Waals surface area contributed by atoms with Gasteiger partial charge in [0.25, 0.3) is 0 Å². The van der Waals surface area contributed by atoms with E-state index < -0.39 is 0 Å². The third-order valence-electron chi connectivity index (χ3n) is 3.83. The predicted molar refractivity (Wildman–Crippen MR) is 83.7 cm³/mol. The summed E-state index contributed by atoms with van der Waals surface area (Å²) in [5.74, 6) is 1.12. The van der Waals surface area contributed by atoms with E-state index in [1.165, 1.54) is 10.8 Å². The van der Waals surface area contributed by atoms with Gasteiger partial charge in [-0.15, -0.1) is 0 Å². The summed E-state index contributed by atoms with van der Waals surface area (Å²) < 4.78 is 1.14. The van der Waals surface area contributed by atoms with Gasteiger partial charge in [-0.3, -0.25) is 0 Å². The van der Waals surface area contributed by atoms with Crippen molar-refractivity contribution in [3.05, 3.63) is 34.9 Å². The highest BCUT2D eigenvalue weighted by Gasteiger charge is 2.23. The zero-order valence-electron chi connectivity index (χ0n) is 11.1. The molecule has 1 aromatic heterocycles. The summed E-state index contributed by atoms with van der Waals surface area (Å²) in [7, 11) is 0. The van der Waals surface area contributed by atoms with Gasteiger partial charge >= 0.3 is 0 Å². The molecule has 1 saturated heterocycles. The van der Waals surface area contributed by atoms with Crippen LogP contribution >= 0.6 is 15.9 Å². The number of hydrogen-bond acceptors (Lipinski definition) is 3. The molecule has 0 spiro atoms. The molecule has 0 aliphatic carbocycles. The zero-order valence-corrected chi connectivity index (χ0v) is 12.7. The van der Waals surface area contributed by atoms with Crippen LogP contribution in [0.1, 0.15) is 13.3 Å². The Hall–Kier alpha value is -1.13. The first-order chi connectivity index (χ1) is 9.31. The first-order valence-electron chi connectivity index (χ1n) is 6.82. The van der Waals surface area contributed by atoms with Gasteiger partial charge in [0.2, 0.25) is 0 Å². The van der Waals surface area contributed by atoms with Gasteiger partial charge in [-0.05, 0) is 18.6 Å². The number of benzene rings is 1. The van der Waals surface area contributed by atoms with Gasteiger partial charge in [0.15, 0.2) is 0 Å². The molecule has 1 unspecified atom stereocenters. The van der Waals surface area contributed by atoms with Crippen molar-refractivity contribution in [2.24, 2.45) is 0 Å². The molecular formula is C15H18BrN3. The minimum Gasteiger partial charge on any atom is -0.351 e. The van der Waals surface area contributed by atoms with E-state index in [9.17, 15) is 0 Å². The van der Waals surface area contributed by atoms with Crippen LogP contribution in [-0.4, -0.2) is 30.7 Å². The number of nitrogens with zero attached hydrogens (tertiary/aromatic N) is 2. The highest BCUT2D eigenvalue weighted by Crippen LogP contribution is 2.31. The van der Waals surface area contributed by atoms with Gasteiger partial charge in [-0.1, -0.05) is 35.0 Å². The van der Waals surface area contributed by atoms with Crippen LogP contribution in [0.3, 0.4) is 0 Å². The maximum Gasteiger partial charge on any atom is 0.136 e.